The fourth-order valence-corrected chi connectivity index (χ4v) is 9.08. The van der Waals surface area contributed by atoms with Crippen molar-refractivity contribution < 1.29 is 47.9 Å². The normalized spacial score (nSPS) is 47.6. The van der Waals surface area contributed by atoms with Gasteiger partial charge < -0.3 is 33.5 Å². The molecule has 0 aromatic heterocycles. The van der Waals surface area contributed by atoms with Gasteiger partial charge >= 0.3 is 23.1 Å². The van der Waals surface area contributed by atoms with Crippen molar-refractivity contribution in [1.82, 2.24) is 0 Å². The molecule has 1 aromatic rings. The lowest BCUT2D eigenvalue weighted by Crippen LogP contribution is -2.66. The average molecular weight is 545 g/mol. The minimum absolute atomic E-state index is 0.0435. The number of esters is 3. The van der Waals surface area contributed by atoms with Crippen LogP contribution in [0.15, 0.2) is 30.3 Å². The van der Waals surface area contributed by atoms with E-state index in [1.807, 2.05) is 26.8 Å². The number of benzene rings is 1. The first-order valence-electron chi connectivity index (χ1n) is 12.8. The third kappa shape index (κ3) is 2.31. The van der Waals surface area contributed by atoms with E-state index in [0.717, 1.165) is 0 Å². The van der Waals surface area contributed by atoms with Crippen molar-refractivity contribution in [3.8, 4) is 5.75 Å². The second-order valence-corrected chi connectivity index (χ2v) is 12.7. The van der Waals surface area contributed by atoms with Crippen molar-refractivity contribution in [2.24, 2.45) is 28.1 Å². The number of carbonyl (C=O) groups is 3. The first-order valence-corrected chi connectivity index (χ1v) is 13.2. The Morgan fingerprint density at radius 1 is 1.05 bits per heavy atom. The summed E-state index contributed by atoms with van der Waals surface area (Å²) in [6, 6.07) is 8.76. The van der Waals surface area contributed by atoms with Crippen LogP contribution in [-0.2, 0) is 38.1 Å². The Hall–Kier alpha value is -2.76. The molecule has 2 saturated carbocycles. The summed E-state index contributed by atoms with van der Waals surface area (Å²) < 4.78 is 35.7. The van der Waals surface area contributed by atoms with Gasteiger partial charge in [0.05, 0.1) is 16.7 Å². The van der Waals surface area contributed by atoms with Crippen LogP contribution in [-0.4, -0.2) is 64.1 Å². The summed E-state index contributed by atoms with van der Waals surface area (Å²) in [6.45, 7) is 7.58. The van der Waals surface area contributed by atoms with Gasteiger partial charge in [0.2, 0.25) is 18.0 Å². The number of ether oxygens (including phenoxy) is 6. The van der Waals surface area contributed by atoms with E-state index >= 15 is 0 Å². The summed E-state index contributed by atoms with van der Waals surface area (Å²) >= 11 is 5.41. The maximum Gasteiger partial charge on any atom is 0.358 e. The highest BCUT2D eigenvalue weighted by molar-refractivity contribution is 7.79. The van der Waals surface area contributed by atoms with Crippen LogP contribution in [0, 0.1) is 28.1 Å². The first kappa shape index (κ1) is 24.3. The van der Waals surface area contributed by atoms with E-state index in [2.05, 4.69) is 0 Å². The van der Waals surface area contributed by atoms with E-state index in [1.165, 1.54) is 6.92 Å². The number of fused-ring (bicyclic) bond motifs is 1. The van der Waals surface area contributed by atoms with E-state index in [-0.39, 0.29) is 17.6 Å². The van der Waals surface area contributed by atoms with Gasteiger partial charge in [-0.15, -0.1) is 0 Å². The summed E-state index contributed by atoms with van der Waals surface area (Å²) in [7, 11) is 0. The van der Waals surface area contributed by atoms with Crippen LogP contribution >= 0.6 is 12.2 Å². The van der Waals surface area contributed by atoms with Crippen LogP contribution in [0.1, 0.15) is 40.5 Å². The second kappa shape index (κ2) is 7.05. The summed E-state index contributed by atoms with van der Waals surface area (Å²) in [5.74, 6) is -3.09. The summed E-state index contributed by atoms with van der Waals surface area (Å²) in [5, 5.41) is 11.9. The number of aliphatic hydroxyl groups is 1. The molecular weight excluding hydrogens is 516 g/mol. The Kier molecular flexibility index (Phi) is 4.51. The lowest BCUT2D eigenvalue weighted by molar-refractivity contribution is -0.238. The lowest BCUT2D eigenvalue weighted by Gasteiger charge is -2.47. The van der Waals surface area contributed by atoms with Crippen molar-refractivity contribution in [3.05, 3.63) is 30.3 Å². The predicted octanol–water partition coefficient (Wildman–Crippen LogP) is 2.05. The van der Waals surface area contributed by atoms with E-state index in [0.29, 0.717) is 12.2 Å². The first-order chi connectivity index (χ1) is 17.9. The number of thiocarbonyl (C=S) groups is 1. The molecule has 2 spiro atoms. The van der Waals surface area contributed by atoms with Crippen LogP contribution in [0.25, 0.3) is 0 Å². The van der Waals surface area contributed by atoms with Gasteiger partial charge in [0.15, 0.2) is 5.60 Å². The molecule has 4 heterocycles. The highest BCUT2D eigenvalue weighted by Crippen LogP contribution is 2.84. The molecule has 6 aliphatic rings. The summed E-state index contributed by atoms with van der Waals surface area (Å²) in [5.41, 5.74) is -7.03. The zero-order chi connectivity index (χ0) is 27.0. The second-order valence-electron chi connectivity index (χ2n) is 12.4. The molecule has 7 unspecified atom stereocenters. The van der Waals surface area contributed by atoms with Crippen LogP contribution in [0.4, 0.5) is 0 Å². The van der Waals surface area contributed by atoms with Gasteiger partial charge in [0.1, 0.15) is 18.0 Å². The number of rotatable bonds is 2. The van der Waals surface area contributed by atoms with Crippen LogP contribution in [0.2, 0.25) is 0 Å². The molecule has 6 fully saturated rings. The highest BCUT2D eigenvalue weighted by Gasteiger charge is 3.01. The minimum Gasteiger partial charge on any atom is -0.459 e. The lowest BCUT2D eigenvalue weighted by atomic mass is 9.51. The Morgan fingerprint density at radius 2 is 1.76 bits per heavy atom. The summed E-state index contributed by atoms with van der Waals surface area (Å²) in [4.78, 5) is 39.9. The number of hydrogen-bond donors (Lipinski definition) is 1. The van der Waals surface area contributed by atoms with Crippen molar-refractivity contribution in [1.29, 1.82) is 0 Å². The van der Waals surface area contributed by atoms with Gasteiger partial charge in [-0.2, -0.15) is 0 Å². The minimum atomic E-state index is -2.02. The fourth-order valence-electron chi connectivity index (χ4n) is 8.88. The zero-order valence-electron chi connectivity index (χ0n) is 21.3. The van der Waals surface area contributed by atoms with Crippen LogP contribution in [0.5, 0.6) is 5.75 Å². The van der Waals surface area contributed by atoms with E-state index < -0.39 is 75.9 Å². The maximum absolute atomic E-state index is 13.8. The Bertz CT molecular complexity index is 1290. The monoisotopic (exact) mass is 544 g/mol. The molecule has 4 saturated heterocycles. The van der Waals surface area contributed by atoms with E-state index in [4.69, 9.17) is 40.6 Å². The smallest absolute Gasteiger partial charge is 0.358 e. The molecule has 10 nitrogen and oxygen atoms in total. The van der Waals surface area contributed by atoms with Crippen LogP contribution < -0.4 is 4.74 Å². The molecule has 7 rings (SSSR count). The van der Waals surface area contributed by atoms with Crippen molar-refractivity contribution in [3.63, 3.8) is 0 Å². The molecule has 11 heteroatoms. The van der Waals surface area contributed by atoms with Gasteiger partial charge in [0, 0.05) is 18.6 Å². The third-order valence-corrected chi connectivity index (χ3v) is 10.3. The SMILES string of the molecule is C[C@@H]1C(=O)OC2CC34C5CC(C(C)(C)C)C36C(OC(=O)[C@@H]6OC(=S)Oc3ccccc3)OC4(C(=O)O5)[C@]21O. The largest absolute Gasteiger partial charge is 0.459 e. The predicted molar refractivity (Wildman–Crippen MR) is 129 cm³/mol. The Balaban J connectivity index is 1.41. The van der Waals surface area contributed by atoms with E-state index in [1.54, 1.807) is 24.3 Å². The molecule has 0 bridgehead atoms. The summed E-state index contributed by atoms with van der Waals surface area (Å²) in [6.07, 6.45) is -3.89. The van der Waals surface area contributed by atoms with Crippen LogP contribution in [0.3, 0.4) is 0 Å². The van der Waals surface area contributed by atoms with Gasteiger partial charge in [-0.05, 0) is 36.8 Å². The molecule has 1 N–H and O–H groups in total. The quantitative estimate of drug-likeness (QED) is 0.334. The fraction of sp³-hybridized carbons (Fsp3) is 0.630. The molecule has 1 aromatic carbocycles. The number of carbonyl (C=O) groups excluding carboxylic acids is 3. The molecule has 38 heavy (non-hydrogen) atoms. The standard InChI is InChI=1S/C27H28O10S/c1-12-18(28)33-16-11-24-15-10-14(23(2,3)4)25(24)17(35-22(38)32-13-8-6-5-7-9-13)19(29)36-21(25)37-27(24,20(30)34-15)26(12,16)31/h5-9,12,14-17,21,31H,10-11H2,1-4H3/t12-,14?,15?,16?,17+,21?,24?,25?,26-,27?/m1/s1. The Labute approximate surface area is 223 Å². The molecular formula is C27H28O10S. The topological polar surface area (TPSA) is 127 Å². The number of hydrogen-bond acceptors (Lipinski definition) is 11. The van der Waals surface area contributed by atoms with Crippen molar-refractivity contribution >= 4 is 35.4 Å². The van der Waals surface area contributed by atoms with E-state index in [9.17, 15) is 19.5 Å². The Morgan fingerprint density at radius 3 is 2.45 bits per heavy atom. The molecule has 0 amide bonds. The molecule has 0 radical (unpaired) electrons. The van der Waals surface area contributed by atoms with Crippen molar-refractivity contribution in [2.45, 2.75) is 76.3 Å². The van der Waals surface area contributed by atoms with Gasteiger partial charge in [0.25, 0.3) is 0 Å². The average Bonchev–Trinajstić information content (AvgIpc) is 3.55. The molecule has 4 aliphatic heterocycles. The molecule has 202 valence electrons. The van der Waals surface area contributed by atoms with Gasteiger partial charge in [-0.3, -0.25) is 4.79 Å². The molecule has 10 atom stereocenters. The third-order valence-electron chi connectivity index (χ3n) is 10.1. The van der Waals surface area contributed by atoms with Crippen molar-refractivity contribution in [2.75, 3.05) is 0 Å². The molecule has 2 aliphatic carbocycles. The highest BCUT2D eigenvalue weighted by atomic mass is 32.1. The zero-order valence-corrected chi connectivity index (χ0v) is 22.1. The van der Waals surface area contributed by atoms with Gasteiger partial charge in [-0.1, -0.05) is 39.0 Å². The van der Waals surface area contributed by atoms with Gasteiger partial charge in [-0.25, -0.2) is 9.59 Å². The number of para-hydroxylation sites is 1. The maximum atomic E-state index is 13.8.